The number of hydrogen-bond donors (Lipinski definition) is 2. The second-order valence-electron chi connectivity index (χ2n) is 4.48. The molecule has 0 aliphatic carbocycles. The molecule has 0 aromatic rings. The number of hydrogen-bond acceptors (Lipinski definition) is 3. The maximum atomic E-state index is 11.9. The molecule has 1 aliphatic heterocycles. The monoisotopic (exact) mass is 249 g/mol. The van der Waals surface area contributed by atoms with E-state index in [9.17, 15) is 8.42 Å². The fourth-order valence-corrected chi connectivity index (χ4v) is 3.09. The van der Waals surface area contributed by atoms with Crippen molar-refractivity contribution in [3.05, 3.63) is 0 Å². The summed E-state index contributed by atoms with van der Waals surface area (Å²) in [6.07, 6.45) is 4.87. The van der Waals surface area contributed by atoms with Crippen molar-refractivity contribution in [3.63, 3.8) is 0 Å². The molecule has 96 valence electrons. The normalized spacial score (nSPS) is 21.6. The fourth-order valence-electron chi connectivity index (χ4n) is 1.79. The minimum absolute atomic E-state index is 0.0341. The molecule has 1 aliphatic rings. The van der Waals surface area contributed by atoms with Gasteiger partial charge in [0.1, 0.15) is 0 Å². The summed E-state index contributed by atoms with van der Waals surface area (Å²) in [6, 6.07) is 0.0341. The second kappa shape index (κ2) is 6.54. The molecule has 3 N–H and O–H groups in total. The van der Waals surface area contributed by atoms with Crippen LogP contribution in [0.15, 0.2) is 0 Å². The van der Waals surface area contributed by atoms with Gasteiger partial charge in [-0.1, -0.05) is 12.8 Å². The van der Waals surface area contributed by atoms with Gasteiger partial charge >= 0.3 is 0 Å². The van der Waals surface area contributed by atoms with Gasteiger partial charge in [-0.2, -0.15) is 12.7 Å². The highest BCUT2D eigenvalue weighted by Gasteiger charge is 2.21. The lowest BCUT2D eigenvalue weighted by atomic mass is 10.2. The Kier molecular flexibility index (Phi) is 5.68. The van der Waals surface area contributed by atoms with Gasteiger partial charge in [-0.15, -0.1) is 0 Å². The van der Waals surface area contributed by atoms with Gasteiger partial charge in [-0.05, 0) is 26.2 Å². The van der Waals surface area contributed by atoms with Gasteiger partial charge in [0.05, 0.1) is 0 Å². The Morgan fingerprint density at radius 2 is 1.81 bits per heavy atom. The van der Waals surface area contributed by atoms with Crippen molar-refractivity contribution in [3.8, 4) is 0 Å². The van der Waals surface area contributed by atoms with Crippen molar-refractivity contribution >= 4 is 10.2 Å². The van der Waals surface area contributed by atoms with E-state index in [0.717, 1.165) is 25.7 Å². The second-order valence-corrected chi connectivity index (χ2v) is 6.23. The molecule has 6 heteroatoms. The van der Waals surface area contributed by atoms with Crippen molar-refractivity contribution in [2.45, 2.75) is 45.1 Å². The Bertz CT molecular complexity index is 282. The smallest absolute Gasteiger partial charge is 0.279 e. The van der Waals surface area contributed by atoms with E-state index in [-0.39, 0.29) is 6.04 Å². The third-order valence-electron chi connectivity index (χ3n) is 2.79. The van der Waals surface area contributed by atoms with Gasteiger partial charge in [-0.25, -0.2) is 4.72 Å². The summed E-state index contributed by atoms with van der Waals surface area (Å²) in [5.41, 5.74) is 5.58. The molecule has 1 heterocycles. The zero-order valence-corrected chi connectivity index (χ0v) is 10.8. The Hall–Kier alpha value is -0.170. The third kappa shape index (κ3) is 4.78. The predicted molar refractivity (Wildman–Crippen MR) is 65.2 cm³/mol. The molecular weight excluding hydrogens is 226 g/mol. The summed E-state index contributed by atoms with van der Waals surface area (Å²) in [5.74, 6) is 0. The first-order valence-corrected chi connectivity index (χ1v) is 7.47. The molecule has 16 heavy (non-hydrogen) atoms. The first-order chi connectivity index (χ1) is 7.52. The highest BCUT2D eigenvalue weighted by atomic mass is 32.2. The van der Waals surface area contributed by atoms with Gasteiger partial charge < -0.3 is 5.73 Å². The summed E-state index contributed by atoms with van der Waals surface area (Å²) in [7, 11) is -3.27. The van der Waals surface area contributed by atoms with Crippen LogP contribution in [-0.4, -0.2) is 38.4 Å². The van der Waals surface area contributed by atoms with Crippen molar-refractivity contribution < 1.29 is 8.42 Å². The van der Waals surface area contributed by atoms with Crippen LogP contribution in [0, 0.1) is 0 Å². The average Bonchev–Trinajstić information content (AvgIpc) is 2.44. The lowest BCUT2D eigenvalue weighted by molar-refractivity contribution is 0.413. The maximum Gasteiger partial charge on any atom is 0.279 e. The molecule has 1 saturated heterocycles. The Balaban J connectivity index is 2.42. The standard InChI is InChI=1S/C10H23N3O2S/c1-10(11)6-7-12-16(14,15)13-8-4-2-3-5-9-13/h10,12H,2-9,11H2,1H3/t10-/m1/s1. The molecule has 1 atom stereocenters. The lowest BCUT2D eigenvalue weighted by Gasteiger charge is -2.20. The molecule has 1 fully saturated rings. The maximum absolute atomic E-state index is 11.9. The van der Waals surface area contributed by atoms with E-state index in [0.29, 0.717) is 26.1 Å². The minimum atomic E-state index is -3.27. The number of nitrogens with zero attached hydrogens (tertiary/aromatic N) is 1. The van der Waals surface area contributed by atoms with Crippen LogP contribution in [0.5, 0.6) is 0 Å². The topological polar surface area (TPSA) is 75.4 Å². The average molecular weight is 249 g/mol. The highest BCUT2D eigenvalue weighted by Crippen LogP contribution is 2.12. The molecule has 1 rings (SSSR count). The summed E-state index contributed by atoms with van der Waals surface area (Å²) in [4.78, 5) is 0. The van der Waals surface area contributed by atoms with E-state index in [1.807, 2.05) is 6.92 Å². The molecule has 5 nitrogen and oxygen atoms in total. The largest absolute Gasteiger partial charge is 0.328 e. The lowest BCUT2D eigenvalue weighted by Crippen LogP contribution is -2.42. The summed E-state index contributed by atoms with van der Waals surface area (Å²) >= 11 is 0. The molecule has 0 spiro atoms. The first-order valence-electron chi connectivity index (χ1n) is 6.02. The Labute approximate surface area is 98.6 Å². The molecule has 0 aromatic heterocycles. The van der Waals surface area contributed by atoms with Crippen LogP contribution in [0.1, 0.15) is 39.0 Å². The van der Waals surface area contributed by atoms with E-state index in [4.69, 9.17) is 5.73 Å². The SMILES string of the molecule is C[C@@H](N)CCNS(=O)(=O)N1CCCCCC1. The van der Waals surface area contributed by atoms with E-state index < -0.39 is 10.2 Å². The van der Waals surface area contributed by atoms with Gasteiger partial charge in [0, 0.05) is 25.7 Å². The minimum Gasteiger partial charge on any atom is -0.328 e. The Morgan fingerprint density at radius 1 is 1.25 bits per heavy atom. The zero-order valence-electron chi connectivity index (χ0n) is 9.98. The highest BCUT2D eigenvalue weighted by molar-refractivity contribution is 7.87. The summed E-state index contributed by atoms with van der Waals surface area (Å²) in [5, 5.41) is 0. The van der Waals surface area contributed by atoms with Crippen LogP contribution >= 0.6 is 0 Å². The van der Waals surface area contributed by atoms with Crippen molar-refractivity contribution in [2.75, 3.05) is 19.6 Å². The molecular formula is C10H23N3O2S. The molecule has 0 radical (unpaired) electrons. The van der Waals surface area contributed by atoms with Crippen LogP contribution in [0.2, 0.25) is 0 Å². The van der Waals surface area contributed by atoms with Crippen LogP contribution in [0.3, 0.4) is 0 Å². The van der Waals surface area contributed by atoms with E-state index in [1.54, 1.807) is 4.31 Å². The van der Waals surface area contributed by atoms with E-state index >= 15 is 0 Å². The zero-order chi connectivity index (χ0) is 12.0. The predicted octanol–water partition coefficient (Wildman–Crippen LogP) is 0.434. The third-order valence-corrected chi connectivity index (χ3v) is 4.40. The van der Waals surface area contributed by atoms with Gasteiger partial charge in [-0.3, -0.25) is 0 Å². The van der Waals surface area contributed by atoms with Crippen LogP contribution in [0.25, 0.3) is 0 Å². The van der Waals surface area contributed by atoms with E-state index in [1.165, 1.54) is 0 Å². The van der Waals surface area contributed by atoms with Crippen molar-refractivity contribution in [1.82, 2.24) is 9.03 Å². The van der Waals surface area contributed by atoms with Crippen molar-refractivity contribution in [1.29, 1.82) is 0 Å². The van der Waals surface area contributed by atoms with Crippen LogP contribution < -0.4 is 10.5 Å². The first kappa shape index (κ1) is 13.9. The molecule has 0 saturated carbocycles. The Morgan fingerprint density at radius 3 is 2.31 bits per heavy atom. The van der Waals surface area contributed by atoms with Crippen LogP contribution in [-0.2, 0) is 10.2 Å². The van der Waals surface area contributed by atoms with Crippen molar-refractivity contribution in [2.24, 2.45) is 5.73 Å². The number of rotatable bonds is 5. The summed E-state index contributed by atoms with van der Waals surface area (Å²) < 4.78 is 28.0. The van der Waals surface area contributed by atoms with Gasteiger partial charge in [0.25, 0.3) is 10.2 Å². The molecule has 0 amide bonds. The number of nitrogens with two attached hydrogens (primary N) is 1. The fraction of sp³-hybridized carbons (Fsp3) is 1.00. The van der Waals surface area contributed by atoms with Crippen LogP contribution in [0.4, 0.5) is 0 Å². The van der Waals surface area contributed by atoms with E-state index in [2.05, 4.69) is 4.72 Å². The number of nitrogens with one attached hydrogen (secondary N) is 1. The summed E-state index contributed by atoms with van der Waals surface area (Å²) in [6.45, 7) is 3.59. The molecule has 0 bridgehead atoms. The quantitative estimate of drug-likeness (QED) is 0.742. The molecule has 0 aromatic carbocycles. The molecule has 0 unspecified atom stereocenters. The van der Waals surface area contributed by atoms with Gasteiger partial charge in [0.15, 0.2) is 0 Å². The van der Waals surface area contributed by atoms with Gasteiger partial charge in [0.2, 0.25) is 0 Å².